The third-order valence-corrected chi connectivity index (χ3v) is 4.20. The first-order chi connectivity index (χ1) is 10.9. The first-order valence-corrected chi connectivity index (χ1v) is 7.72. The Labute approximate surface area is 139 Å². The second kappa shape index (κ2) is 6.14. The first kappa shape index (κ1) is 18.4. The zero-order valence-electron chi connectivity index (χ0n) is 14.2. The molecule has 1 atom stereocenters. The van der Waals surface area contributed by atoms with Crippen molar-refractivity contribution in [2.45, 2.75) is 51.9 Å². The summed E-state index contributed by atoms with van der Waals surface area (Å²) in [4.78, 5) is 18.5. The van der Waals surface area contributed by atoms with Crippen LogP contribution in [0.5, 0.6) is 0 Å². The van der Waals surface area contributed by atoms with Crippen LogP contribution in [0.4, 0.5) is 23.7 Å². The highest BCUT2D eigenvalue weighted by molar-refractivity contribution is 5.67. The van der Waals surface area contributed by atoms with Gasteiger partial charge in [0.25, 0.3) is 0 Å². The lowest BCUT2D eigenvalue weighted by atomic mass is 10.0. The number of carbonyl (C=O) groups is 1. The Kier molecular flexibility index (Phi) is 4.70. The number of aryl methyl sites for hydroxylation is 1. The second-order valence-electron chi connectivity index (χ2n) is 7.04. The van der Waals surface area contributed by atoms with Gasteiger partial charge in [-0.2, -0.15) is 13.2 Å². The van der Waals surface area contributed by atoms with Crippen LogP contribution >= 0.6 is 0 Å². The third kappa shape index (κ3) is 3.73. The maximum atomic E-state index is 13.0. The molecule has 2 heterocycles. The molecule has 0 bridgehead atoms. The standard InChI is InChI=1S/C16H22F3N3O2/c1-10-13(16(17,18)19)7-12(8-20-10)21-6-5-11(9-21)22(14(23)24)15(2,3)4/h7-8,11H,5-6,9H2,1-4H3,(H,23,24). The van der Waals surface area contributed by atoms with Gasteiger partial charge in [-0.3, -0.25) is 9.88 Å². The number of hydrogen-bond donors (Lipinski definition) is 1. The van der Waals surface area contributed by atoms with Gasteiger partial charge in [-0.05, 0) is 40.2 Å². The summed E-state index contributed by atoms with van der Waals surface area (Å²) in [6.07, 6.45) is -3.49. The Balaban J connectivity index is 2.24. The molecule has 1 saturated heterocycles. The zero-order valence-corrected chi connectivity index (χ0v) is 14.2. The molecular weight excluding hydrogens is 323 g/mol. The number of nitrogens with zero attached hydrogens (tertiary/aromatic N) is 3. The van der Waals surface area contributed by atoms with Gasteiger partial charge in [0.1, 0.15) is 0 Å². The van der Waals surface area contributed by atoms with E-state index in [2.05, 4.69) is 4.98 Å². The summed E-state index contributed by atoms with van der Waals surface area (Å²) in [6.45, 7) is 7.58. The van der Waals surface area contributed by atoms with E-state index < -0.39 is 23.4 Å². The summed E-state index contributed by atoms with van der Waals surface area (Å²) < 4.78 is 39.1. The van der Waals surface area contributed by atoms with Crippen LogP contribution in [0, 0.1) is 6.92 Å². The number of aromatic nitrogens is 1. The average molecular weight is 345 g/mol. The predicted molar refractivity (Wildman–Crippen MR) is 84.2 cm³/mol. The van der Waals surface area contributed by atoms with Gasteiger partial charge < -0.3 is 10.0 Å². The highest BCUT2D eigenvalue weighted by Gasteiger charge is 2.38. The number of carboxylic acid groups (broad SMARTS) is 1. The first-order valence-electron chi connectivity index (χ1n) is 7.72. The van der Waals surface area contributed by atoms with Crippen molar-refractivity contribution in [3.8, 4) is 0 Å². The molecule has 1 aliphatic rings. The molecule has 1 N–H and O–H groups in total. The van der Waals surface area contributed by atoms with Gasteiger partial charge in [-0.25, -0.2) is 4.79 Å². The molecule has 2 rings (SSSR count). The molecule has 1 amide bonds. The van der Waals surface area contributed by atoms with E-state index in [-0.39, 0.29) is 11.7 Å². The van der Waals surface area contributed by atoms with Crippen LogP contribution in [-0.4, -0.2) is 45.8 Å². The number of alkyl halides is 3. The summed E-state index contributed by atoms with van der Waals surface area (Å²) in [5.41, 5.74) is -1.03. The fraction of sp³-hybridized carbons (Fsp3) is 0.625. The van der Waals surface area contributed by atoms with Crippen molar-refractivity contribution in [2.24, 2.45) is 0 Å². The lowest BCUT2D eigenvalue weighted by Gasteiger charge is -2.38. The third-order valence-electron chi connectivity index (χ3n) is 4.20. The van der Waals surface area contributed by atoms with Gasteiger partial charge in [0.15, 0.2) is 0 Å². The van der Waals surface area contributed by atoms with Crippen molar-refractivity contribution >= 4 is 11.8 Å². The molecular formula is C16H22F3N3O2. The van der Waals surface area contributed by atoms with Gasteiger partial charge in [0, 0.05) is 24.3 Å². The second-order valence-corrected chi connectivity index (χ2v) is 7.04. The molecule has 1 fully saturated rings. The summed E-state index contributed by atoms with van der Waals surface area (Å²) in [5.74, 6) is 0. The Hall–Kier alpha value is -1.99. The Morgan fingerprint density at radius 3 is 2.50 bits per heavy atom. The van der Waals surface area contributed by atoms with E-state index in [1.54, 1.807) is 25.7 Å². The maximum absolute atomic E-state index is 13.0. The average Bonchev–Trinajstić information content (AvgIpc) is 2.84. The van der Waals surface area contributed by atoms with Gasteiger partial charge >= 0.3 is 12.3 Å². The largest absolute Gasteiger partial charge is 0.465 e. The van der Waals surface area contributed by atoms with Gasteiger partial charge in [0.05, 0.1) is 23.5 Å². The van der Waals surface area contributed by atoms with Gasteiger partial charge in [-0.15, -0.1) is 0 Å². The molecule has 0 spiro atoms. The van der Waals surface area contributed by atoms with Crippen LogP contribution in [-0.2, 0) is 6.18 Å². The molecule has 8 heteroatoms. The predicted octanol–water partition coefficient (Wildman–Crippen LogP) is 3.77. The number of halogens is 3. The van der Waals surface area contributed by atoms with Crippen molar-refractivity contribution in [1.29, 1.82) is 0 Å². The molecule has 24 heavy (non-hydrogen) atoms. The molecule has 1 aromatic rings. The molecule has 1 unspecified atom stereocenters. The van der Waals surface area contributed by atoms with Crippen LogP contribution in [0.1, 0.15) is 38.4 Å². The number of pyridine rings is 1. The van der Waals surface area contributed by atoms with Crippen molar-refractivity contribution in [1.82, 2.24) is 9.88 Å². The van der Waals surface area contributed by atoms with E-state index >= 15 is 0 Å². The number of hydrogen-bond acceptors (Lipinski definition) is 3. The van der Waals surface area contributed by atoms with Gasteiger partial charge in [0.2, 0.25) is 0 Å². The fourth-order valence-electron chi connectivity index (χ4n) is 3.16. The van der Waals surface area contributed by atoms with E-state index in [9.17, 15) is 23.1 Å². The molecule has 0 aliphatic carbocycles. The van der Waals surface area contributed by atoms with Crippen LogP contribution in [0.2, 0.25) is 0 Å². The SMILES string of the molecule is Cc1ncc(N2CCC(N(C(=O)O)C(C)(C)C)C2)cc1C(F)(F)F. The van der Waals surface area contributed by atoms with E-state index in [0.717, 1.165) is 6.07 Å². The topological polar surface area (TPSA) is 56.7 Å². The van der Waals surface area contributed by atoms with Crippen molar-refractivity contribution in [3.63, 3.8) is 0 Å². The van der Waals surface area contributed by atoms with Crippen LogP contribution < -0.4 is 4.90 Å². The minimum atomic E-state index is -4.45. The molecule has 0 saturated carbocycles. The number of amides is 1. The smallest absolute Gasteiger partial charge is 0.418 e. The van der Waals surface area contributed by atoms with Crippen molar-refractivity contribution in [2.75, 3.05) is 18.0 Å². The Morgan fingerprint density at radius 1 is 1.38 bits per heavy atom. The molecule has 1 aromatic heterocycles. The maximum Gasteiger partial charge on any atom is 0.418 e. The number of anilines is 1. The molecule has 1 aliphatic heterocycles. The normalized spacial score (nSPS) is 18.8. The van der Waals surface area contributed by atoms with Crippen LogP contribution in [0.25, 0.3) is 0 Å². The highest BCUT2D eigenvalue weighted by Crippen LogP contribution is 2.34. The van der Waals surface area contributed by atoms with Crippen LogP contribution in [0.15, 0.2) is 12.3 Å². The van der Waals surface area contributed by atoms with E-state index in [4.69, 9.17) is 0 Å². The van der Waals surface area contributed by atoms with Crippen molar-refractivity contribution < 1.29 is 23.1 Å². The summed E-state index contributed by atoms with van der Waals surface area (Å²) >= 11 is 0. The zero-order chi connectivity index (χ0) is 18.3. The number of rotatable bonds is 2. The molecule has 0 radical (unpaired) electrons. The lowest BCUT2D eigenvalue weighted by Crippen LogP contribution is -2.52. The van der Waals surface area contributed by atoms with Crippen molar-refractivity contribution in [3.05, 3.63) is 23.5 Å². The summed E-state index contributed by atoms with van der Waals surface area (Å²) in [5, 5.41) is 9.46. The van der Waals surface area contributed by atoms with E-state index in [1.165, 1.54) is 18.0 Å². The van der Waals surface area contributed by atoms with Crippen LogP contribution in [0.3, 0.4) is 0 Å². The molecule has 5 nitrogen and oxygen atoms in total. The fourth-order valence-corrected chi connectivity index (χ4v) is 3.16. The Bertz CT molecular complexity index is 626. The molecule has 134 valence electrons. The lowest BCUT2D eigenvalue weighted by molar-refractivity contribution is -0.138. The minimum absolute atomic E-state index is 0.0659. The highest BCUT2D eigenvalue weighted by atomic mass is 19.4. The Morgan fingerprint density at radius 2 is 2.00 bits per heavy atom. The summed E-state index contributed by atoms with van der Waals surface area (Å²) in [6, 6.07) is 0.825. The molecule has 0 aromatic carbocycles. The minimum Gasteiger partial charge on any atom is -0.465 e. The van der Waals surface area contributed by atoms with E-state index in [0.29, 0.717) is 25.2 Å². The van der Waals surface area contributed by atoms with Gasteiger partial charge in [-0.1, -0.05) is 0 Å². The monoisotopic (exact) mass is 345 g/mol. The van der Waals surface area contributed by atoms with E-state index in [1.807, 2.05) is 0 Å². The quantitative estimate of drug-likeness (QED) is 0.887. The summed E-state index contributed by atoms with van der Waals surface area (Å²) in [7, 11) is 0.